The van der Waals surface area contributed by atoms with Crippen molar-refractivity contribution in [2.75, 3.05) is 10.6 Å². The van der Waals surface area contributed by atoms with Crippen LogP contribution in [-0.2, 0) is 0 Å². The van der Waals surface area contributed by atoms with Gasteiger partial charge in [0.1, 0.15) is 5.69 Å². The molecule has 0 unspecified atom stereocenters. The summed E-state index contributed by atoms with van der Waals surface area (Å²) in [5.41, 5.74) is 2.89. The number of nitrogens with one attached hydrogen (secondary N) is 2. The van der Waals surface area contributed by atoms with Crippen LogP contribution < -0.4 is 10.6 Å². The van der Waals surface area contributed by atoms with Crippen molar-refractivity contribution in [3.63, 3.8) is 0 Å². The van der Waals surface area contributed by atoms with Gasteiger partial charge in [0.15, 0.2) is 0 Å². The summed E-state index contributed by atoms with van der Waals surface area (Å²) in [7, 11) is 0. The summed E-state index contributed by atoms with van der Waals surface area (Å²) < 4.78 is 0. The summed E-state index contributed by atoms with van der Waals surface area (Å²) in [6.45, 7) is 4.12. The number of amides is 2. The van der Waals surface area contributed by atoms with Crippen LogP contribution in [0.5, 0.6) is 0 Å². The SMILES string of the molecule is CC(C)c1ccccc1NC(=O)c1cc(C(=O)Nc2ccc(Cl)cc2)ccn1. The van der Waals surface area contributed by atoms with Gasteiger partial charge in [0.25, 0.3) is 11.8 Å². The lowest BCUT2D eigenvalue weighted by Crippen LogP contribution is -2.17. The van der Waals surface area contributed by atoms with Crippen LogP contribution in [0.1, 0.15) is 46.2 Å². The molecule has 1 aromatic heterocycles. The van der Waals surface area contributed by atoms with Crippen LogP contribution in [-0.4, -0.2) is 16.8 Å². The third-order valence-electron chi connectivity index (χ3n) is 4.19. The van der Waals surface area contributed by atoms with Crippen LogP contribution in [0.3, 0.4) is 0 Å². The summed E-state index contributed by atoms with van der Waals surface area (Å²) in [6, 6.07) is 17.5. The van der Waals surface area contributed by atoms with Crippen molar-refractivity contribution in [3.05, 3.63) is 88.7 Å². The number of rotatable bonds is 5. The normalized spacial score (nSPS) is 10.6. The molecule has 0 atom stereocenters. The molecule has 0 fully saturated rings. The summed E-state index contributed by atoms with van der Waals surface area (Å²) in [5, 5.41) is 6.24. The van der Waals surface area contributed by atoms with E-state index in [1.807, 2.05) is 24.3 Å². The Kier molecular flexibility index (Phi) is 6.06. The highest BCUT2D eigenvalue weighted by atomic mass is 35.5. The van der Waals surface area contributed by atoms with E-state index in [4.69, 9.17) is 11.6 Å². The number of carbonyl (C=O) groups is 2. The van der Waals surface area contributed by atoms with Crippen LogP contribution in [0.15, 0.2) is 66.9 Å². The van der Waals surface area contributed by atoms with Crippen LogP contribution in [0.2, 0.25) is 5.02 Å². The van der Waals surface area contributed by atoms with E-state index in [0.717, 1.165) is 11.3 Å². The molecule has 2 N–H and O–H groups in total. The number of anilines is 2. The van der Waals surface area contributed by atoms with Crippen molar-refractivity contribution in [1.29, 1.82) is 0 Å². The molecule has 5 nitrogen and oxygen atoms in total. The summed E-state index contributed by atoms with van der Waals surface area (Å²) in [5.74, 6) is -0.434. The first-order valence-corrected chi connectivity index (χ1v) is 9.25. The van der Waals surface area contributed by atoms with Gasteiger partial charge in [-0.1, -0.05) is 43.6 Å². The van der Waals surface area contributed by atoms with Gasteiger partial charge < -0.3 is 10.6 Å². The minimum absolute atomic E-state index is 0.169. The molecule has 0 saturated heterocycles. The maximum Gasteiger partial charge on any atom is 0.274 e. The van der Waals surface area contributed by atoms with Gasteiger partial charge in [0.05, 0.1) is 0 Å². The first kappa shape index (κ1) is 19.6. The molecule has 2 aromatic carbocycles. The molecule has 0 aliphatic carbocycles. The molecular weight excluding hydrogens is 374 g/mol. The van der Waals surface area contributed by atoms with Crippen LogP contribution >= 0.6 is 11.6 Å². The third kappa shape index (κ3) is 4.75. The molecule has 0 saturated carbocycles. The molecule has 0 aliphatic heterocycles. The van der Waals surface area contributed by atoms with Gasteiger partial charge in [-0.3, -0.25) is 14.6 Å². The molecule has 0 bridgehead atoms. The number of pyridine rings is 1. The molecule has 28 heavy (non-hydrogen) atoms. The smallest absolute Gasteiger partial charge is 0.274 e. The number of nitrogens with zero attached hydrogens (tertiary/aromatic N) is 1. The second kappa shape index (κ2) is 8.67. The van der Waals surface area contributed by atoms with Gasteiger partial charge in [-0.05, 0) is 53.9 Å². The molecule has 3 aromatic rings. The zero-order valence-corrected chi connectivity index (χ0v) is 16.3. The first-order chi connectivity index (χ1) is 13.4. The van der Waals surface area contributed by atoms with Gasteiger partial charge in [-0.2, -0.15) is 0 Å². The molecule has 3 rings (SSSR count). The van der Waals surface area contributed by atoms with Gasteiger partial charge >= 0.3 is 0 Å². The largest absolute Gasteiger partial charge is 0.322 e. The summed E-state index contributed by atoms with van der Waals surface area (Å²) in [4.78, 5) is 29.2. The zero-order valence-electron chi connectivity index (χ0n) is 15.6. The molecule has 0 aliphatic rings. The zero-order chi connectivity index (χ0) is 20.1. The fraction of sp³-hybridized carbons (Fsp3) is 0.136. The van der Waals surface area contributed by atoms with E-state index < -0.39 is 0 Å². The first-order valence-electron chi connectivity index (χ1n) is 8.87. The highest BCUT2D eigenvalue weighted by Gasteiger charge is 2.14. The second-order valence-electron chi connectivity index (χ2n) is 6.59. The van der Waals surface area contributed by atoms with E-state index in [-0.39, 0.29) is 23.4 Å². The van der Waals surface area contributed by atoms with E-state index in [0.29, 0.717) is 16.3 Å². The molecule has 0 radical (unpaired) electrons. The van der Waals surface area contributed by atoms with E-state index in [1.54, 1.807) is 30.3 Å². The molecule has 2 amide bonds. The average molecular weight is 394 g/mol. The second-order valence-corrected chi connectivity index (χ2v) is 7.02. The predicted molar refractivity (Wildman–Crippen MR) is 112 cm³/mol. The maximum absolute atomic E-state index is 12.6. The molecule has 0 spiro atoms. The third-order valence-corrected chi connectivity index (χ3v) is 4.44. The quantitative estimate of drug-likeness (QED) is 0.612. The Bertz CT molecular complexity index is 1000. The number of hydrogen-bond acceptors (Lipinski definition) is 3. The molecule has 142 valence electrons. The Labute approximate surface area is 168 Å². The number of aromatic nitrogens is 1. The Hall–Kier alpha value is -3.18. The molecular formula is C22H20ClN3O2. The highest BCUT2D eigenvalue weighted by molar-refractivity contribution is 6.30. The van der Waals surface area contributed by atoms with Crippen molar-refractivity contribution < 1.29 is 9.59 Å². The standard InChI is InChI=1S/C22H20ClN3O2/c1-14(2)18-5-3-4-6-19(18)26-22(28)20-13-15(11-12-24-20)21(27)25-17-9-7-16(23)8-10-17/h3-14H,1-2H3,(H,25,27)(H,26,28). The lowest BCUT2D eigenvalue weighted by Gasteiger charge is -2.13. The summed E-state index contributed by atoms with van der Waals surface area (Å²) >= 11 is 5.85. The number of para-hydroxylation sites is 1. The maximum atomic E-state index is 12.6. The minimum Gasteiger partial charge on any atom is -0.322 e. The summed E-state index contributed by atoms with van der Waals surface area (Å²) in [6.07, 6.45) is 1.44. The van der Waals surface area contributed by atoms with Crippen LogP contribution in [0, 0.1) is 0 Å². The minimum atomic E-state index is -0.366. The van der Waals surface area contributed by atoms with Gasteiger partial charge in [-0.25, -0.2) is 0 Å². The topological polar surface area (TPSA) is 71.1 Å². The van der Waals surface area contributed by atoms with Crippen molar-refractivity contribution in [3.8, 4) is 0 Å². The van der Waals surface area contributed by atoms with E-state index in [1.165, 1.54) is 12.3 Å². The molecule has 1 heterocycles. The van der Waals surface area contributed by atoms with Crippen LogP contribution in [0.4, 0.5) is 11.4 Å². The fourth-order valence-electron chi connectivity index (χ4n) is 2.73. The number of benzene rings is 2. The number of carbonyl (C=O) groups excluding carboxylic acids is 2. The van der Waals surface area contributed by atoms with Crippen molar-refractivity contribution in [2.24, 2.45) is 0 Å². The van der Waals surface area contributed by atoms with Crippen LogP contribution in [0.25, 0.3) is 0 Å². The van der Waals surface area contributed by atoms with Crippen molar-refractivity contribution in [2.45, 2.75) is 19.8 Å². The Balaban J connectivity index is 1.76. The Morgan fingerprint density at radius 2 is 1.64 bits per heavy atom. The monoisotopic (exact) mass is 393 g/mol. The van der Waals surface area contributed by atoms with Gasteiger partial charge in [-0.15, -0.1) is 0 Å². The van der Waals surface area contributed by atoms with E-state index in [2.05, 4.69) is 29.5 Å². The number of hydrogen-bond donors (Lipinski definition) is 2. The Morgan fingerprint density at radius 1 is 0.929 bits per heavy atom. The predicted octanol–water partition coefficient (Wildman–Crippen LogP) is 5.36. The highest BCUT2D eigenvalue weighted by Crippen LogP contribution is 2.24. The lowest BCUT2D eigenvalue weighted by molar-refractivity contribution is 0.102. The van der Waals surface area contributed by atoms with E-state index in [9.17, 15) is 9.59 Å². The van der Waals surface area contributed by atoms with Crippen molar-refractivity contribution in [1.82, 2.24) is 4.98 Å². The van der Waals surface area contributed by atoms with Gasteiger partial charge in [0.2, 0.25) is 0 Å². The Morgan fingerprint density at radius 3 is 2.36 bits per heavy atom. The number of halogens is 1. The molecule has 6 heteroatoms. The lowest BCUT2D eigenvalue weighted by atomic mass is 10.0. The van der Waals surface area contributed by atoms with E-state index >= 15 is 0 Å². The van der Waals surface area contributed by atoms with Gasteiger partial charge in [0, 0.05) is 28.2 Å². The average Bonchev–Trinajstić information content (AvgIpc) is 2.70. The van der Waals surface area contributed by atoms with Crippen molar-refractivity contribution >= 4 is 34.8 Å². The fourth-order valence-corrected chi connectivity index (χ4v) is 2.86.